The molecule has 4 nitrogen and oxygen atoms in total. The number of hydrogen-bond donors (Lipinski definition) is 1. The molecular weight excluding hydrogens is 308 g/mol. The van der Waals surface area contributed by atoms with Crippen molar-refractivity contribution >= 4 is 27.0 Å². The molecule has 0 spiro atoms. The second-order valence-corrected chi connectivity index (χ2v) is 9.93. The zero-order valence-corrected chi connectivity index (χ0v) is 14.5. The van der Waals surface area contributed by atoms with Crippen LogP contribution in [0.3, 0.4) is 0 Å². The van der Waals surface area contributed by atoms with Crippen LogP contribution in [-0.2, 0) is 14.9 Å². The van der Waals surface area contributed by atoms with Gasteiger partial charge in [0, 0.05) is 11.2 Å². The molecule has 2 atom stereocenters. The van der Waals surface area contributed by atoms with Crippen LogP contribution in [0.1, 0.15) is 52.4 Å². The molecule has 1 N–H and O–H groups in total. The highest BCUT2D eigenvalue weighted by Gasteiger charge is 2.44. The van der Waals surface area contributed by atoms with Crippen molar-refractivity contribution in [2.45, 2.75) is 52.4 Å². The minimum Gasteiger partial charge on any atom is -0.287 e. The third-order valence-corrected chi connectivity index (χ3v) is 6.94. The van der Waals surface area contributed by atoms with Gasteiger partial charge in [-0.2, -0.15) is 8.42 Å². The van der Waals surface area contributed by atoms with E-state index in [4.69, 9.17) is 4.55 Å². The minimum absolute atomic E-state index is 0.210. The zero-order valence-electron chi connectivity index (χ0n) is 12.9. The highest BCUT2D eigenvalue weighted by Crippen LogP contribution is 2.51. The summed E-state index contributed by atoms with van der Waals surface area (Å²) >= 11 is 1.25. The summed E-state index contributed by atoms with van der Waals surface area (Å²) in [5.41, 5.74) is -0.240. The van der Waals surface area contributed by atoms with Crippen molar-refractivity contribution in [3.8, 4) is 0 Å². The monoisotopic (exact) mass is 334 g/mol. The Balaban J connectivity index is 1.84. The van der Waals surface area contributed by atoms with Crippen molar-refractivity contribution in [3.05, 3.63) is 0 Å². The first-order valence-electron chi connectivity index (χ1n) is 7.80. The maximum atomic E-state index is 12.5. The fraction of sp³-hybridized carbons (Fsp3) is 0.933. The summed E-state index contributed by atoms with van der Waals surface area (Å²) in [7, 11) is -3.91. The zero-order chi connectivity index (χ0) is 15.7. The summed E-state index contributed by atoms with van der Waals surface area (Å²) in [5, 5.41) is 0.210. The van der Waals surface area contributed by atoms with Gasteiger partial charge in [-0.25, -0.2) is 0 Å². The van der Waals surface area contributed by atoms with Crippen LogP contribution in [0, 0.1) is 23.2 Å². The second kappa shape index (κ2) is 6.59. The predicted octanol–water partition coefficient (Wildman–Crippen LogP) is 3.38. The number of thioether (sulfide) groups is 1. The number of carbonyl (C=O) groups excluding carboxylic acids is 1. The van der Waals surface area contributed by atoms with E-state index >= 15 is 0 Å². The molecule has 0 heterocycles. The smallest absolute Gasteiger partial charge is 0.264 e. The number of fused-ring (bicyclic) bond motifs is 2. The van der Waals surface area contributed by atoms with E-state index in [1.807, 2.05) is 0 Å². The van der Waals surface area contributed by atoms with E-state index in [0.29, 0.717) is 24.0 Å². The molecule has 0 amide bonds. The highest BCUT2D eigenvalue weighted by molar-refractivity contribution is 8.13. The quantitative estimate of drug-likeness (QED) is 0.616. The van der Waals surface area contributed by atoms with Crippen LogP contribution >= 0.6 is 11.8 Å². The lowest BCUT2D eigenvalue weighted by Gasteiger charge is -2.46. The average Bonchev–Trinajstić information content (AvgIpc) is 2.31. The van der Waals surface area contributed by atoms with Gasteiger partial charge in [0.05, 0.1) is 5.75 Å². The topological polar surface area (TPSA) is 71.4 Å². The summed E-state index contributed by atoms with van der Waals surface area (Å²) in [6.45, 7) is 4.40. The minimum atomic E-state index is -3.91. The molecule has 0 radical (unpaired) electrons. The fourth-order valence-electron chi connectivity index (χ4n) is 4.34. The Morgan fingerprint density at radius 2 is 1.81 bits per heavy atom. The van der Waals surface area contributed by atoms with Crippen LogP contribution in [-0.4, -0.2) is 29.6 Å². The molecule has 2 saturated carbocycles. The van der Waals surface area contributed by atoms with Gasteiger partial charge in [0.2, 0.25) is 0 Å². The second-order valence-electron chi connectivity index (χ2n) is 7.29. The molecule has 0 aliphatic heterocycles. The van der Waals surface area contributed by atoms with E-state index < -0.39 is 10.1 Å². The van der Waals surface area contributed by atoms with Crippen LogP contribution < -0.4 is 0 Å². The molecule has 2 unspecified atom stereocenters. The van der Waals surface area contributed by atoms with Gasteiger partial charge in [0.1, 0.15) is 0 Å². The Labute approximate surface area is 132 Å². The number of carbonyl (C=O) groups is 1. The summed E-state index contributed by atoms with van der Waals surface area (Å²) in [5.74, 6) is 2.36. The summed E-state index contributed by atoms with van der Waals surface area (Å²) in [6, 6.07) is 0. The van der Waals surface area contributed by atoms with E-state index in [1.54, 1.807) is 0 Å². The van der Waals surface area contributed by atoms with E-state index in [2.05, 4.69) is 13.8 Å². The molecule has 2 aliphatic rings. The van der Waals surface area contributed by atoms with Crippen LogP contribution in [0.2, 0.25) is 0 Å². The lowest BCUT2D eigenvalue weighted by atomic mass is 9.60. The first-order valence-corrected chi connectivity index (χ1v) is 10.4. The molecule has 6 heteroatoms. The van der Waals surface area contributed by atoms with Crippen LogP contribution in [0.4, 0.5) is 0 Å². The Bertz CT molecular complexity index is 468. The molecule has 0 aromatic rings. The van der Waals surface area contributed by atoms with Crippen LogP contribution in [0.15, 0.2) is 0 Å². The molecule has 0 saturated heterocycles. The van der Waals surface area contributed by atoms with Gasteiger partial charge in [-0.3, -0.25) is 9.35 Å². The van der Waals surface area contributed by atoms with Crippen molar-refractivity contribution in [3.63, 3.8) is 0 Å². The van der Waals surface area contributed by atoms with E-state index in [0.717, 1.165) is 18.8 Å². The lowest BCUT2D eigenvalue weighted by Crippen LogP contribution is -2.40. The highest BCUT2D eigenvalue weighted by atomic mass is 32.2. The maximum absolute atomic E-state index is 12.5. The first kappa shape index (κ1) is 17.3. The summed E-state index contributed by atoms with van der Waals surface area (Å²) in [6.07, 6.45) is 6.06. The van der Waals surface area contributed by atoms with Gasteiger partial charge < -0.3 is 0 Å². The Kier molecular flexibility index (Phi) is 5.42. The van der Waals surface area contributed by atoms with Gasteiger partial charge >= 0.3 is 0 Å². The summed E-state index contributed by atoms with van der Waals surface area (Å²) in [4.78, 5) is 12.5. The SMILES string of the molecule is CC1CC2CC(C1)CC(C)(C(=O)SCCCS(=O)(=O)O)C2. The van der Waals surface area contributed by atoms with Gasteiger partial charge in [-0.1, -0.05) is 25.6 Å². The van der Waals surface area contributed by atoms with Crippen molar-refractivity contribution in [2.75, 3.05) is 11.5 Å². The number of rotatable bonds is 5. The summed E-state index contributed by atoms with van der Waals surface area (Å²) < 4.78 is 30.0. The van der Waals surface area contributed by atoms with E-state index in [1.165, 1.54) is 31.0 Å². The molecule has 122 valence electrons. The van der Waals surface area contributed by atoms with E-state index in [9.17, 15) is 13.2 Å². The fourth-order valence-corrected chi connectivity index (χ4v) is 6.02. The normalized spacial score (nSPS) is 36.4. The molecule has 2 rings (SSSR count). The predicted molar refractivity (Wildman–Crippen MR) is 85.8 cm³/mol. The standard InChI is InChI=1S/C15H26O4S2/c1-11-6-12-8-13(7-11)10-15(2,9-12)14(16)20-4-3-5-21(17,18)19/h11-13H,3-10H2,1-2H3,(H,17,18,19). The average molecular weight is 335 g/mol. The first-order chi connectivity index (χ1) is 9.68. The van der Waals surface area contributed by atoms with E-state index in [-0.39, 0.29) is 16.3 Å². The van der Waals surface area contributed by atoms with Crippen molar-refractivity contribution < 1.29 is 17.8 Å². The Morgan fingerprint density at radius 3 is 2.33 bits per heavy atom. The largest absolute Gasteiger partial charge is 0.287 e. The third kappa shape index (κ3) is 4.96. The van der Waals surface area contributed by atoms with Crippen LogP contribution in [0.5, 0.6) is 0 Å². The molecule has 0 aromatic carbocycles. The molecular formula is C15H26O4S2. The number of hydrogen-bond acceptors (Lipinski definition) is 4. The molecule has 2 fully saturated rings. The van der Waals surface area contributed by atoms with Crippen molar-refractivity contribution in [1.29, 1.82) is 0 Å². The van der Waals surface area contributed by atoms with Gasteiger partial charge in [0.15, 0.2) is 5.12 Å². The lowest BCUT2D eigenvalue weighted by molar-refractivity contribution is -0.123. The van der Waals surface area contributed by atoms with Gasteiger partial charge in [0.25, 0.3) is 10.1 Å². The third-order valence-electron chi connectivity index (χ3n) is 4.89. The van der Waals surface area contributed by atoms with Gasteiger partial charge in [-0.15, -0.1) is 0 Å². The van der Waals surface area contributed by atoms with Crippen LogP contribution in [0.25, 0.3) is 0 Å². The molecule has 21 heavy (non-hydrogen) atoms. The Morgan fingerprint density at radius 1 is 1.24 bits per heavy atom. The molecule has 2 bridgehead atoms. The van der Waals surface area contributed by atoms with Gasteiger partial charge in [-0.05, 0) is 56.3 Å². The maximum Gasteiger partial charge on any atom is 0.264 e. The molecule has 0 aromatic heterocycles. The van der Waals surface area contributed by atoms with Crippen molar-refractivity contribution in [2.24, 2.45) is 23.2 Å². The van der Waals surface area contributed by atoms with Crippen molar-refractivity contribution in [1.82, 2.24) is 0 Å². The molecule has 2 aliphatic carbocycles. The Hall–Kier alpha value is -0.0700.